The molecule has 168 valence electrons. The third-order valence-corrected chi connectivity index (χ3v) is 4.69. The number of hydrogen-bond acceptors (Lipinski definition) is 7. The Labute approximate surface area is 189 Å². The number of rotatable bonds is 5. The molecule has 0 aliphatic heterocycles. The van der Waals surface area contributed by atoms with Crippen LogP contribution in [0.25, 0.3) is 11.3 Å². The van der Waals surface area contributed by atoms with Gasteiger partial charge in [-0.25, -0.2) is 18.4 Å². The average molecular weight is 461 g/mol. The average Bonchev–Trinajstić information content (AvgIpc) is 3.32. The molecule has 0 spiro atoms. The molecule has 2 aromatic carbocycles. The van der Waals surface area contributed by atoms with Gasteiger partial charge >= 0.3 is 0 Å². The van der Waals surface area contributed by atoms with Crippen molar-refractivity contribution in [2.45, 2.75) is 0 Å². The molecule has 0 unspecified atom stereocenters. The third-order valence-electron chi connectivity index (χ3n) is 4.69. The van der Waals surface area contributed by atoms with Crippen LogP contribution in [0.5, 0.6) is 11.6 Å². The van der Waals surface area contributed by atoms with Crippen molar-refractivity contribution in [2.24, 2.45) is 0 Å². The summed E-state index contributed by atoms with van der Waals surface area (Å²) < 4.78 is 36.1. The molecule has 34 heavy (non-hydrogen) atoms. The van der Waals surface area contributed by atoms with Crippen LogP contribution < -0.4 is 15.5 Å². The summed E-state index contributed by atoms with van der Waals surface area (Å²) in [4.78, 5) is 28.9. The minimum atomic E-state index is -0.843. The zero-order chi connectivity index (χ0) is 23.7. The number of anilines is 1. The van der Waals surface area contributed by atoms with Gasteiger partial charge in [0.2, 0.25) is 11.1 Å². The first kappa shape index (κ1) is 20.9. The fraction of sp³-hybridized carbons (Fsp3) is 0. The van der Waals surface area contributed by atoms with Crippen molar-refractivity contribution in [1.82, 2.24) is 29.4 Å². The van der Waals surface area contributed by atoms with Gasteiger partial charge in [0.15, 0.2) is 17.3 Å². The van der Waals surface area contributed by atoms with Gasteiger partial charge in [-0.2, -0.15) is 5.10 Å². The summed E-state index contributed by atoms with van der Waals surface area (Å²) >= 11 is 0. The largest absolute Gasteiger partial charge is 0.433 e. The Kier molecular flexibility index (Phi) is 5.22. The van der Waals surface area contributed by atoms with E-state index in [4.69, 9.17) is 4.74 Å². The fourth-order valence-corrected chi connectivity index (χ4v) is 3.07. The standard InChI is InChI=1S/C22H13F2N7O3/c23-13-1-4-15(5-2-13)31-9-7-17(32)19(29-31)21(33)27-14-3-6-18(16(24)11-14)34-22-20-28-26-12-30(20)10-8-25-22/h1-12H,(H,27,33). The van der Waals surface area contributed by atoms with Crippen molar-refractivity contribution < 1.29 is 18.3 Å². The smallest absolute Gasteiger partial charge is 0.280 e. The first-order valence-corrected chi connectivity index (χ1v) is 9.77. The van der Waals surface area contributed by atoms with Crippen molar-refractivity contribution in [3.05, 3.63) is 101 Å². The van der Waals surface area contributed by atoms with E-state index >= 15 is 0 Å². The summed E-state index contributed by atoms with van der Waals surface area (Å²) in [5.41, 5.74) is -0.243. The van der Waals surface area contributed by atoms with Crippen molar-refractivity contribution in [2.75, 3.05) is 5.32 Å². The zero-order valence-electron chi connectivity index (χ0n) is 17.1. The Morgan fingerprint density at radius 2 is 1.85 bits per heavy atom. The zero-order valence-corrected chi connectivity index (χ0v) is 17.1. The predicted molar refractivity (Wildman–Crippen MR) is 115 cm³/mol. The van der Waals surface area contributed by atoms with Crippen LogP contribution in [0.2, 0.25) is 0 Å². The molecule has 1 N–H and O–H groups in total. The van der Waals surface area contributed by atoms with E-state index in [1.807, 2.05) is 0 Å². The molecule has 0 radical (unpaired) electrons. The number of carbonyl (C=O) groups excluding carboxylic acids is 1. The molecule has 3 heterocycles. The predicted octanol–water partition coefficient (Wildman–Crippen LogP) is 2.99. The Bertz CT molecular complexity index is 1580. The van der Waals surface area contributed by atoms with Crippen LogP contribution in [-0.2, 0) is 0 Å². The molecular weight excluding hydrogens is 448 g/mol. The van der Waals surface area contributed by atoms with Gasteiger partial charge in [0.1, 0.15) is 12.1 Å². The van der Waals surface area contributed by atoms with E-state index in [9.17, 15) is 18.4 Å². The van der Waals surface area contributed by atoms with Gasteiger partial charge in [-0.15, -0.1) is 10.2 Å². The molecule has 3 aromatic heterocycles. The van der Waals surface area contributed by atoms with Crippen LogP contribution >= 0.6 is 0 Å². The molecule has 0 fully saturated rings. The Balaban J connectivity index is 1.36. The van der Waals surface area contributed by atoms with Gasteiger partial charge in [-0.1, -0.05) is 0 Å². The SMILES string of the molecule is O=C(Nc1ccc(Oc2nccn3cnnc23)c(F)c1)c1nn(-c2ccc(F)cc2)ccc1=O. The van der Waals surface area contributed by atoms with Crippen LogP contribution in [-0.4, -0.2) is 35.3 Å². The van der Waals surface area contributed by atoms with E-state index in [1.165, 1.54) is 59.8 Å². The van der Waals surface area contributed by atoms with Crippen LogP contribution in [0.3, 0.4) is 0 Å². The number of carbonyl (C=O) groups is 1. The van der Waals surface area contributed by atoms with Crippen LogP contribution in [0.15, 0.2) is 78.2 Å². The maximum Gasteiger partial charge on any atom is 0.280 e. The molecule has 1 amide bonds. The van der Waals surface area contributed by atoms with E-state index in [2.05, 4.69) is 25.6 Å². The highest BCUT2D eigenvalue weighted by Crippen LogP contribution is 2.27. The van der Waals surface area contributed by atoms with Gasteiger partial charge in [-0.3, -0.25) is 14.0 Å². The van der Waals surface area contributed by atoms with E-state index in [1.54, 1.807) is 10.6 Å². The van der Waals surface area contributed by atoms with Crippen LogP contribution in [0.4, 0.5) is 14.5 Å². The van der Waals surface area contributed by atoms with Crippen LogP contribution in [0, 0.1) is 11.6 Å². The maximum absolute atomic E-state index is 14.7. The second-order valence-corrected chi connectivity index (χ2v) is 6.95. The van der Waals surface area contributed by atoms with Gasteiger partial charge in [-0.05, 0) is 36.4 Å². The summed E-state index contributed by atoms with van der Waals surface area (Å²) in [6, 6.07) is 10.2. The van der Waals surface area contributed by atoms with E-state index < -0.39 is 28.7 Å². The van der Waals surface area contributed by atoms with Crippen molar-refractivity contribution >= 4 is 17.2 Å². The highest BCUT2D eigenvalue weighted by atomic mass is 19.1. The minimum Gasteiger partial charge on any atom is -0.433 e. The quantitative estimate of drug-likeness (QED) is 0.428. The number of hydrogen-bond donors (Lipinski definition) is 1. The highest BCUT2D eigenvalue weighted by molar-refractivity contribution is 6.02. The van der Waals surface area contributed by atoms with E-state index in [-0.39, 0.29) is 17.3 Å². The van der Waals surface area contributed by atoms with Crippen molar-refractivity contribution in [3.8, 4) is 17.3 Å². The minimum absolute atomic E-state index is 0.0468. The number of aromatic nitrogens is 6. The van der Waals surface area contributed by atoms with Gasteiger partial charge in [0.25, 0.3) is 11.8 Å². The van der Waals surface area contributed by atoms with Gasteiger partial charge < -0.3 is 10.1 Å². The summed E-state index contributed by atoms with van der Waals surface area (Å²) in [5.74, 6) is -2.18. The molecule has 0 atom stereocenters. The van der Waals surface area contributed by atoms with Gasteiger partial charge in [0, 0.05) is 36.4 Å². The number of halogens is 2. The maximum atomic E-state index is 14.7. The van der Waals surface area contributed by atoms with Crippen molar-refractivity contribution in [1.29, 1.82) is 0 Å². The molecule has 12 heteroatoms. The highest BCUT2D eigenvalue weighted by Gasteiger charge is 2.16. The molecule has 5 rings (SSSR count). The Morgan fingerprint density at radius 3 is 2.65 bits per heavy atom. The number of amides is 1. The lowest BCUT2D eigenvalue weighted by Crippen LogP contribution is -2.25. The number of benzene rings is 2. The normalized spacial score (nSPS) is 10.9. The molecule has 0 saturated carbocycles. The lowest BCUT2D eigenvalue weighted by atomic mass is 10.2. The molecule has 5 aromatic rings. The van der Waals surface area contributed by atoms with E-state index in [0.717, 1.165) is 12.1 Å². The number of ether oxygens (including phenoxy) is 1. The summed E-state index contributed by atoms with van der Waals surface area (Å²) in [6.07, 6.45) is 5.85. The van der Waals surface area contributed by atoms with Crippen molar-refractivity contribution in [3.63, 3.8) is 0 Å². The molecule has 0 saturated heterocycles. The molecule has 0 aliphatic rings. The molecule has 0 aliphatic carbocycles. The first-order valence-electron chi connectivity index (χ1n) is 9.77. The third kappa shape index (κ3) is 4.07. The number of nitrogens with zero attached hydrogens (tertiary/aromatic N) is 6. The molecule has 10 nitrogen and oxygen atoms in total. The lowest BCUT2D eigenvalue weighted by Gasteiger charge is -2.10. The molecular formula is C22H13F2N7O3. The Morgan fingerprint density at radius 1 is 1.03 bits per heavy atom. The summed E-state index contributed by atoms with van der Waals surface area (Å²) in [5, 5.41) is 14.1. The molecule has 0 bridgehead atoms. The second-order valence-electron chi connectivity index (χ2n) is 6.95. The van der Waals surface area contributed by atoms with E-state index in [0.29, 0.717) is 11.3 Å². The lowest BCUT2D eigenvalue weighted by molar-refractivity contribution is 0.101. The van der Waals surface area contributed by atoms with Crippen LogP contribution in [0.1, 0.15) is 10.5 Å². The number of fused-ring (bicyclic) bond motifs is 1. The first-order chi connectivity index (χ1) is 16.5. The second kappa shape index (κ2) is 8.50. The summed E-state index contributed by atoms with van der Waals surface area (Å²) in [6.45, 7) is 0. The fourth-order valence-electron chi connectivity index (χ4n) is 3.07. The Hall–Kier alpha value is -5.00. The number of nitrogens with one attached hydrogen (secondary N) is 1. The topological polar surface area (TPSA) is 116 Å². The summed E-state index contributed by atoms with van der Waals surface area (Å²) in [7, 11) is 0. The monoisotopic (exact) mass is 461 g/mol. The van der Waals surface area contributed by atoms with Gasteiger partial charge in [0.05, 0.1) is 5.69 Å².